The van der Waals surface area contributed by atoms with Gasteiger partial charge in [0.2, 0.25) is 5.91 Å². The van der Waals surface area contributed by atoms with Gasteiger partial charge in [0.15, 0.2) is 0 Å². The summed E-state index contributed by atoms with van der Waals surface area (Å²) >= 11 is 2.75. The molecule has 2 heterocycles. The Morgan fingerprint density at radius 3 is 2.50 bits per heavy atom. The van der Waals surface area contributed by atoms with Gasteiger partial charge >= 0.3 is 0 Å². The van der Waals surface area contributed by atoms with E-state index in [1.165, 1.54) is 23.1 Å². The van der Waals surface area contributed by atoms with Crippen molar-refractivity contribution in [3.8, 4) is 6.07 Å². The first kappa shape index (κ1) is 25.3. The highest BCUT2D eigenvalue weighted by Gasteiger charge is 2.35. The summed E-state index contributed by atoms with van der Waals surface area (Å²) in [5.41, 5.74) is 5.13. The number of allylic oxidation sites excluding steroid dienone is 2. The van der Waals surface area contributed by atoms with E-state index in [1.807, 2.05) is 86.8 Å². The molecule has 0 saturated carbocycles. The molecule has 8 heteroatoms. The average Bonchev–Trinajstić information content (AvgIpc) is 3.39. The second-order valence-corrected chi connectivity index (χ2v) is 10.4. The number of carbonyl (C=O) groups excluding carboxylic acids is 2. The molecule has 1 aliphatic heterocycles. The predicted octanol–water partition coefficient (Wildman–Crippen LogP) is 6.07. The lowest BCUT2D eigenvalue weighted by Crippen LogP contribution is -2.30. The van der Waals surface area contributed by atoms with Crippen LogP contribution in [0.3, 0.4) is 0 Å². The Morgan fingerprint density at radius 2 is 1.83 bits per heavy atom. The van der Waals surface area contributed by atoms with Crippen LogP contribution in [0.4, 0.5) is 11.4 Å². The first-order chi connectivity index (χ1) is 17.4. The zero-order valence-electron chi connectivity index (χ0n) is 20.2. The molecule has 6 nitrogen and oxygen atoms in total. The number of carbonyl (C=O) groups is 2. The van der Waals surface area contributed by atoms with Gasteiger partial charge in [0.1, 0.15) is 0 Å². The third-order valence-electron chi connectivity index (χ3n) is 5.76. The summed E-state index contributed by atoms with van der Waals surface area (Å²) in [6.45, 7) is 5.79. The third kappa shape index (κ3) is 5.70. The van der Waals surface area contributed by atoms with E-state index < -0.39 is 5.92 Å². The number of thioether (sulfide) groups is 1. The topological polar surface area (TPSA) is 94.0 Å². The second kappa shape index (κ2) is 11.3. The minimum atomic E-state index is -0.523. The lowest BCUT2D eigenvalue weighted by molar-refractivity contribution is -0.114. The molecule has 36 heavy (non-hydrogen) atoms. The molecule has 4 rings (SSSR count). The van der Waals surface area contributed by atoms with Gasteiger partial charge in [-0.05, 0) is 56.0 Å². The maximum Gasteiger partial charge on any atom is 0.254 e. The van der Waals surface area contributed by atoms with Crippen molar-refractivity contribution >= 4 is 46.3 Å². The lowest BCUT2D eigenvalue weighted by Gasteiger charge is -2.29. The summed E-state index contributed by atoms with van der Waals surface area (Å²) in [4.78, 5) is 27.0. The zero-order valence-corrected chi connectivity index (χ0v) is 21.8. The molecule has 3 aromatic rings. The molecule has 2 aromatic carbocycles. The van der Waals surface area contributed by atoms with E-state index in [4.69, 9.17) is 0 Å². The van der Waals surface area contributed by atoms with Crippen molar-refractivity contribution in [2.24, 2.45) is 0 Å². The molecule has 3 N–H and O–H groups in total. The Bertz CT molecular complexity index is 1390. The summed E-state index contributed by atoms with van der Waals surface area (Å²) in [7, 11) is 0. The molecular formula is C28H26N4O2S2. The number of nitriles is 1. The van der Waals surface area contributed by atoms with Gasteiger partial charge in [-0.15, -0.1) is 11.3 Å². The van der Waals surface area contributed by atoms with Crippen molar-refractivity contribution < 1.29 is 9.59 Å². The van der Waals surface area contributed by atoms with E-state index in [9.17, 15) is 14.9 Å². The molecule has 0 spiro atoms. The molecule has 182 valence electrons. The number of hydrogen-bond acceptors (Lipinski definition) is 6. The van der Waals surface area contributed by atoms with Crippen LogP contribution < -0.4 is 16.0 Å². The molecule has 2 amide bonds. The van der Waals surface area contributed by atoms with Gasteiger partial charge in [-0.3, -0.25) is 9.59 Å². The molecule has 1 aliphatic rings. The van der Waals surface area contributed by atoms with Crippen molar-refractivity contribution in [3.05, 3.63) is 104 Å². The standard InChI is InChI=1S/C28H26N4O2S2/c1-17-11-12-22(18(2)14-17)32-24(33)16-36-28-21(15-29)26(23-10-7-13-35-23)25(19(3)30-28)27(34)31-20-8-5-4-6-9-20/h4-14,26,30H,16H2,1-3H3,(H,31,34)(H,32,33)/t26-/m0/s1. The molecule has 0 unspecified atom stereocenters. The van der Waals surface area contributed by atoms with Gasteiger partial charge in [-0.2, -0.15) is 5.26 Å². The molecular weight excluding hydrogens is 488 g/mol. The zero-order chi connectivity index (χ0) is 25.7. The highest BCUT2D eigenvalue weighted by Crippen LogP contribution is 2.42. The van der Waals surface area contributed by atoms with Gasteiger partial charge in [0.25, 0.3) is 5.91 Å². The number of thiophene rings is 1. The normalized spacial score (nSPS) is 15.2. The minimum absolute atomic E-state index is 0.122. The first-order valence-electron chi connectivity index (χ1n) is 11.4. The SMILES string of the molecule is CC1=C(C(=O)Nc2ccccc2)[C@H](c2cccs2)C(C#N)=C(SCC(=O)Nc2ccc(C)cc2C)N1. The first-order valence-corrected chi connectivity index (χ1v) is 13.3. The van der Waals surface area contributed by atoms with Gasteiger partial charge in [-0.1, -0.05) is 53.7 Å². The molecule has 0 radical (unpaired) electrons. The second-order valence-electron chi connectivity index (χ2n) is 8.44. The number of rotatable bonds is 7. The summed E-state index contributed by atoms with van der Waals surface area (Å²) in [5, 5.41) is 21.8. The summed E-state index contributed by atoms with van der Waals surface area (Å²) < 4.78 is 0. The molecule has 1 atom stereocenters. The fraction of sp³-hybridized carbons (Fsp3) is 0.179. The van der Waals surface area contributed by atoms with Gasteiger partial charge in [0, 0.05) is 27.5 Å². The molecule has 0 fully saturated rings. The van der Waals surface area contributed by atoms with Crippen LogP contribution in [0.25, 0.3) is 0 Å². The van der Waals surface area contributed by atoms with E-state index >= 15 is 0 Å². The monoisotopic (exact) mass is 514 g/mol. The van der Waals surface area contributed by atoms with Gasteiger partial charge < -0.3 is 16.0 Å². The fourth-order valence-electron chi connectivity index (χ4n) is 4.07. The number of hydrogen-bond donors (Lipinski definition) is 3. The smallest absolute Gasteiger partial charge is 0.254 e. The molecule has 0 saturated heterocycles. The average molecular weight is 515 g/mol. The van der Waals surface area contributed by atoms with Crippen LogP contribution in [-0.2, 0) is 9.59 Å². The quantitative estimate of drug-likeness (QED) is 0.356. The van der Waals surface area contributed by atoms with Crippen molar-refractivity contribution in [2.75, 3.05) is 16.4 Å². The Balaban J connectivity index is 1.57. The summed E-state index contributed by atoms with van der Waals surface area (Å²) in [5.74, 6) is -0.837. The Labute approximate surface area is 219 Å². The fourth-order valence-corrected chi connectivity index (χ4v) is 5.80. The van der Waals surface area contributed by atoms with Crippen LogP contribution in [0.1, 0.15) is 28.8 Å². The van der Waals surface area contributed by atoms with E-state index in [0.717, 1.165) is 21.7 Å². The van der Waals surface area contributed by atoms with Gasteiger partial charge in [0.05, 0.1) is 28.3 Å². The Hall–Kier alpha value is -3.80. The van der Waals surface area contributed by atoms with Crippen LogP contribution in [0, 0.1) is 25.2 Å². The number of anilines is 2. The van der Waals surface area contributed by atoms with Crippen LogP contribution in [0.15, 0.2) is 87.9 Å². The van der Waals surface area contributed by atoms with Crippen LogP contribution >= 0.6 is 23.1 Å². The highest BCUT2D eigenvalue weighted by atomic mass is 32.2. The molecule has 0 aliphatic carbocycles. The number of dihydropyridines is 1. The van der Waals surface area contributed by atoms with Crippen molar-refractivity contribution in [3.63, 3.8) is 0 Å². The van der Waals surface area contributed by atoms with E-state index in [2.05, 4.69) is 22.0 Å². The molecule has 1 aromatic heterocycles. The lowest BCUT2D eigenvalue weighted by atomic mass is 9.86. The summed E-state index contributed by atoms with van der Waals surface area (Å²) in [6, 6.07) is 21.2. The molecule has 0 bridgehead atoms. The maximum absolute atomic E-state index is 13.4. The number of nitrogens with zero attached hydrogens (tertiary/aromatic N) is 1. The van der Waals surface area contributed by atoms with Crippen molar-refractivity contribution in [2.45, 2.75) is 26.7 Å². The predicted molar refractivity (Wildman–Crippen MR) is 148 cm³/mol. The van der Waals surface area contributed by atoms with E-state index in [-0.39, 0.29) is 17.6 Å². The van der Waals surface area contributed by atoms with Crippen LogP contribution in [0.5, 0.6) is 0 Å². The number of benzene rings is 2. The number of amides is 2. The Kier molecular flexibility index (Phi) is 7.93. The van der Waals surface area contributed by atoms with Crippen LogP contribution in [0.2, 0.25) is 0 Å². The minimum Gasteiger partial charge on any atom is -0.353 e. The largest absolute Gasteiger partial charge is 0.353 e. The number of para-hydroxylation sites is 1. The van der Waals surface area contributed by atoms with Gasteiger partial charge in [-0.25, -0.2) is 0 Å². The number of nitrogens with one attached hydrogen (secondary N) is 3. The van der Waals surface area contributed by atoms with Crippen molar-refractivity contribution in [1.82, 2.24) is 5.32 Å². The highest BCUT2D eigenvalue weighted by molar-refractivity contribution is 8.03. The third-order valence-corrected chi connectivity index (χ3v) is 7.71. The summed E-state index contributed by atoms with van der Waals surface area (Å²) in [6.07, 6.45) is 0. The van der Waals surface area contributed by atoms with Crippen molar-refractivity contribution in [1.29, 1.82) is 5.26 Å². The number of aryl methyl sites for hydroxylation is 2. The maximum atomic E-state index is 13.4. The van der Waals surface area contributed by atoms with Crippen LogP contribution in [-0.4, -0.2) is 17.6 Å². The van der Waals surface area contributed by atoms with E-state index in [1.54, 1.807) is 0 Å². The Morgan fingerprint density at radius 1 is 1.06 bits per heavy atom. The van der Waals surface area contributed by atoms with E-state index in [0.29, 0.717) is 27.6 Å².